The molecule has 0 aliphatic rings. The summed E-state index contributed by atoms with van der Waals surface area (Å²) in [6, 6.07) is 4.69. The van der Waals surface area contributed by atoms with Crippen molar-refractivity contribution in [1.29, 1.82) is 0 Å². The van der Waals surface area contributed by atoms with Crippen LogP contribution in [-0.4, -0.2) is 31.3 Å². The second kappa shape index (κ2) is 8.64. The lowest BCUT2D eigenvalue weighted by molar-refractivity contribution is -0.146. The largest absolute Gasteiger partial charge is 0.464 e. The maximum atomic E-state index is 13.9. The van der Waals surface area contributed by atoms with E-state index in [9.17, 15) is 18.8 Å². The number of carbonyl (C=O) groups excluding carboxylic acids is 1. The summed E-state index contributed by atoms with van der Waals surface area (Å²) in [6.07, 6.45) is 1.93. The van der Waals surface area contributed by atoms with E-state index in [4.69, 9.17) is 4.74 Å². The molecule has 1 atom stereocenters. The van der Waals surface area contributed by atoms with Crippen LogP contribution in [0, 0.1) is 11.7 Å². The van der Waals surface area contributed by atoms with Crippen molar-refractivity contribution in [3.63, 3.8) is 0 Å². The monoisotopic (exact) mass is 416 g/mol. The molecule has 0 aliphatic heterocycles. The summed E-state index contributed by atoms with van der Waals surface area (Å²) >= 11 is 0. The number of nitrogens with zero attached hydrogens (tertiary/aromatic N) is 4. The highest BCUT2D eigenvalue weighted by Crippen LogP contribution is 2.18. The van der Waals surface area contributed by atoms with Gasteiger partial charge in [-0.05, 0) is 44.4 Å². The van der Waals surface area contributed by atoms with E-state index >= 15 is 0 Å². The number of carbonyl (C=O) groups is 1. The molecule has 3 aromatic rings. The first-order chi connectivity index (χ1) is 14.3. The Morgan fingerprint density at radius 2 is 1.97 bits per heavy atom. The van der Waals surface area contributed by atoms with Crippen LogP contribution in [0.15, 0.2) is 40.2 Å². The topological polar surface area (TPSA) is 88.1 Å². The van der Waals surface area contributed by atoms with Crippen molar-refractivity contribution in [2.24, 2.45) is 5.92 Å². The van der Waals surface area contributed by atoms with Crippen LogP contribution in [0.5, 0.6) is 0 Å². The molecule has 0 aliphatic carbocycles. The van der Waals surface area contributed by atoms with E-state index in [2.05, 4.69) is 4.98 Å². The van der Waals surface area contributed by atoms with Gasteiger partial charge >= 0.3 is 11.7 Å². The number of ether oxygens (including phenoxy) is 1. The molecular weight excluding hydrogens is 391 g/mol. The zero-order valence-electron chi connectivity index (χ0n) is 17.5. The Kier molecular flexibility index (Phi) is 6.19. The average Bonchev–Trinajstić information content (AvgIpc) is 3.12. The number of esters is 1. The summed E-state index contributed by atoms with van der Waals surface area (Å²) in [5.74, 6) is -0.779. The molecule has 9 heteroatoms. The molecule has 2 aromatic heterocycles. The predicted molar refractivity (Wildman–Crippen MR) is 110 cm³/mol. The summed E-state index contributed by atoms with van der Waals surface area (Å²) in [6.45, 7) is 7.65. The van der Waals surface area contributed by atoms with Gasteiger partial charge in [0.2, 0.25) is 0 Å². The Morgan fingerprint density at radius 3 is 2.60 bits per heavy atom. The van der Waals surface area contributed by atoms with Crippen LogP contribution in [0.3, 0.4) is 0 Å². The molecule has 0 radical (unpaired) electrons. The van der Waals surface area contributed by atoms with Crippen molar-refractivity contribution < 1.29 is 13.9 Å². The number of halogens is 1. The van der Waals surface area contributed by atoms with Crippen LogP contribution >= 0.6 is 0 Å². The third kappa shape index (κ3) is 3.92. The SMILES string of the molecule is CCOC(=O)C(C)n1cnc2c1c(=O)n(CCC(C)C)c(=O)n2-c1cccc(F)c1. The molecule has 3 rings (SSSR count). The lowest BCUT2D eigenvalue weighted by atomic mass is 10.1. The molecule has 0 amide bonds. The first-order valence-corrected chi connectivity index (χ1v) is 9.91. The van der Waals surface area contributed by atoms with Gasteiger partial charge in [-0.25, -0.2) is 23.5 Å². The quantitative estimate of drug-likeness (QED) is 0.553. The summed E-state index contributed by atoms with van der Waals surface area (Å²) in [4.78, 5) is 42.9. The van der Waals surface area contributed by atoms with Crippen LogP contribution in [0.1, 0.15) is 40.2 Å². The van der Waals surface area contributed by atoms with E-state index in [1.807, 2.05) is 13.8 Å². The maximum Gasteiger partial charge on any atom is 0.337 e. The van der Waals surface area contributed by atoms with Crippen LogP contribution in [0.25, 0.3) is 16.9 Å². The molecule has 0 saturated heterocycles. The van der Waals surface area contributed by atoms with Gasteiger partial charge in [-0.15, -0.1) is 0 Å². The Bertz CT molecular complexity index is 1190. The zero-order chi connectivity index (χ0) is 22.0. The fourth-order valence-electron chi connectivity index (χ4n) is 3.25. The molecule has 8 nitrogen and oxygen atoms in total. The summed E-state index contributed by atoms with van der Waals surface area (Å²) < 4.78 is 22.7. The minimum absolute atomic E-state index is 0.0625. The van der Waals surface area contributed by atoms with E-state index in [0.717, 1.165) is 4.57 Å². The molecule has 2 heterocycles. The van der Waals surface area contributed by atoms with Crippen molar-refractivity contribution in [1.82, 2.24) is 18.7 Å². The third-order valence-corrected chi connectivity index (χ3v) is 4.90. The highest BCUT2D eigenvalue weighted by molar-refractivity contribution is 5.79. The van der Waals surface area contributed by atoms with E-state index in [0.29, 0.717) is 6.42 Å². The van der Waals surface area contributed by atoms with E-state index in [1.54, 1.807) is 19.9 Å². The molecule has 160 valence electrons. The Hall–Kier alpha value is -3.23. The highest BCUT2D eigenvalue weighted by atomic mass is 19.1. The molecule has 30 heavy (non-hydrogen) atoms. The zero-order valence-corrected chi connectivity index (χ0v) is 17.5. The van der Waals surface area contributed by atoms with Gasteiger partial charge in [0.05, 0.1) is 18.6 Å². The third-order valence-electron chi connectivity index (χ3n) is 4.90. The molecule has 0 N–H and O–H groups in total. The van der Waals surface area contributed by atoms with Gasteiger partial charge in [-0.2, -0.15) is 0 Å². The van der Waals surface area contributed by atoms with Gasteiger partial charge in [0.25, 0.3) is 5.56 Å². The van der Waals surface area contributed by atoms with Gasteiger partial charge in [0, 0.05) is 6.54 Å². The van der Waals surface area contributed by atoms with Gasteiger partial charge in [0.15, 0.2) is 11.2 Å². The Balaban J connectivity index is 2.33. The minimum atomic E-state index is -0.820. The van der Waals surface area contributed by atoms with E-state index < -0.39 is 29.1 Å². The summed E-state index contributed by atoms with van der Waals surface area (Å²) in [7, 11) is 0. The standard InChI is InChI=1S/C21H25FN4O4/c1-5-30-20(28)14(4)25-12-23-18-17(25)19(27)24(10-9-13(2)3)21(29)26(18)16-8-6-7-15(22)11-16/h6-8,11-14H,5,9-10H2,1-4H3. The summed E-state index contributed by atoms with van der Waals surface area (Å²) in [5.41, 5.74) is -0.752. The van der Waals surface area contributed by atoms with Crippen molar-refractivity contribution in [3.05, 3.63) is 57.2 Å². The van der Waals surface area contributed by atoms with Crippen LogP contribution in [-0.2, 0) is 16.1 Å². The smallest absolute Gasteiger partial charge is 0.337 e. The molecule has 0 bridgehead atoms. The molecule has 0 spiro atoms. The lowest BCUT2D eigenvalue weighted by Gasteiger charge is -2.16. The van der Waals surface area contributed by atoms with Crippen LogP contribution in [0.4, 0.5) is 4.39 Å². The number of hydrogen-bond acceptors (Lipinski definition) is 5. The van der Waals surface area contributed by atoms with Crippen molar-refractivity contribution in [2.75, 3.05) is 6.61 Å². The number of imidazole rings is 1. The van der Waals surface area contributed by atoms with Gasteiger partial charge in [0.1, 0.15) is 11.9 Å². The number of hydrogen-bond donors (Lipinski definition) is 0. The fraction of sp³-hybridized carbons (Fsp3) is 0.429. The fourth-order valence-corrected chi connectivity index (χ4v) is 3.25. The molecule has 0 fully saturated rings. The van der Waals surface area contributed by atoms with Crippen LogP contribution < -0.4 is 11.2 Å². The molecule has 1 aromatic carbocycles. The Labute approximate surface area is 172 Å². The second-order valence-electron chi connectivity index (χ2n) is 7.49. The van der Waals surface area contributed by atoms with E-state index in [1.165, 1.54) is 33.7 Å². The summed E-state index contributed by atoms with van der Waals surface area (Å²) in [5, 5.41) is 0. The minimum Gasteiger partial charge on any atom is -0.464 e. The Morgan fingerprint density at radius 1 is 1.23 bits per heavy atom. The number of fused-ring (bicyclic) bond motifs is 1. The van der Waals surface area contributed by atoms with Gasteiger partial charge in [-0.1, -0.05) is 19.9 Å². The number of rotatable bonds is 7. The van der Waals surface area contributed by atoms with E-state index in [-0.39, 0.29) is 35.9 Å². The average molecular weight is 416 g/mol. The first-order valence-electron chi connectivity index (χ1n) is 9.91. The van der Waals surface area contributed by atoms with Gasteiger partial charge < -0.3 is 9.30 Å². The van der Waals surface area contributed by atoms with Crippen molar-refractivity contribution >= 4 is 17.1 Å². The maximum absolute atomic E-state index is 13.9. The van der Waals surface area contributed by atoms with Crippen LogP contribution in [0.2, 0.25) is 0 Å². The van der Waals surface area contributed by atoms with Crippen molar-refractivity contribution in [2.45, 2.75) is 46.7 Å². The highest BCUT2D eigenvalue weighted by Gasteiger charge is 2.24. The molecule has 1 unspecified atom stereocenters. The lowest BCUT2D eigenvalue weighted by Crippen LogP contribution is -2.40. The number of aromatic nitrogens is 4. The molecule has 0 saturated carbocycles. The van der Waals surface area contributed by atoms with Gasteiger partial charge in [-0.3, -0.25) is 9.36 Å². The second-order valence-corrected chi connectivity index (χ2v) is 7.49. The van der Waals surface area contributed by atoms with Crippen molar-refractivity contribution in [3.8, 4) is 5.69 Å². The normalized spacial score (nSPS) is 12.5. The number of benzene rings is 1. The molecular formula is C21H25FN4O4. The predicted octanol–water partition coefficient (Wildman–Crippen LogP) is 2.66. The first kappa shape index (κ1) is 21.5.